The number of carbonyl (C=O) groups excluding carboxylic acids is 1. The fraction of sp³-hybridized carbons (Fsp3) is 0.143. The molecule has 0 saturated carbocycles. The molecule has 0 bridgehead atoms. The maximum atomic E-state index is 12.4. The Hall–Kier alpha value is -2.08. The molecule has 0 radical (unpaired) electrons. The van der Waals surface area contributed by atoms with Crippen LogP contribution < -0.4 is 4.74 Å². The Balaban J connectivity index is 2.09. The summed E-state index contributed by atoms with van der Waals surface area (Å²) in [6.45, 7) is -0.337. The first kappa shape index (κ1) is 15.3. The average molecular weight is 316 g/mol. The molecule has 1 aromatic carbocycles. The molecule has 0 spiro atoms. The molecule has 0 amide bonds. The molecule has 0 aliphatic carbocycles. The number of Topliss-reactive ketones (excluding diaryl/α,β-unsaturated/α-hetero) is 1. The second kappa shape index (κ2) is 6.13. The molecule has 1 aromatic heterocycles. The van der Waals surface area contributed by atoms with Gasteiger partial charge < -0.3 is 4.74 Å². The van der Waals surface area contributed by atoms with Crippen LogP contribution in [-0.2, 0) is 6.18 Å². The van der Waals surface area contributed by atoms with Gasteiger partial charge in [0.15, 0.2) is 6.61 Å². The minimum atomic E-state index is -4.61. The number of halogens is 4. The summed E-state index contributed by atoms with van der Waals surface area (Å²) in [4.78, 5) is 15.1. The molecule has 1 heterocycles. The van der Waals surface area contributed by atoms with Gasteiger partial charge in [0, 0.05) is 0 Å². The third-order valence-corrected chi connectivity index (χ3v) is 2.84. The third kappa shape index (κ3) is 3.95. The van der Waals surface area contributed by atoms with Gasteiger partial charge in [-0.1, -0.05) is 29.8 Å². The van der Waals surface area contributed by atoms with Crippen LogP contribution in [-0.4, -0.2) is 17.4 Å². The van der Waals surface area contributed by atoms with Gasteiger partial charge in [0.1, 0.15) is 16.6 Å². The summed E-state index contributed by atoms with van der Waals surface area (Å²) < 4.78 is 42.5. The molecule has 110 valence electrons. The summed E-state index contributed by atoms with van der Waals surface area (Å²) in [5, 5.41) is -0.494. The van der Waals surface area contributed by atoms with Crippen LogP contribution in [0.25, 0.3) is 0 Å². The van der Waals surface area contributed by atoms with Crippen LogP contribution in [0.5, 0.6) is 5.75 Å². The monoisotopic (exact) mass is 315 g/mol. The Bertz CT molecular complexity index is 644. The van der Waals surface area contributed by atoms with Gasteiger partial charge in [-0.2, -0.15) is 13.2 Å². The van der Waals surface area contributed by atoms with Gasteiger partial charge in [-0.05, 0) is 24.3 Å². The normalized spacial score (nSPS) is 11.2. The minimum absolute atomic E-state index is 0.111. The molecule has 3 nitrogen and oxygen atoms in total. The van der Waals surface area contributed by atoms with E-state index in [-0.39, 0.29) is 12.2 Å². The van der Waals surface area contributed by atoms with Gasteiger partial charge in [0.25, 0.3) is 0 Å². The number of ketones is 1. The molecule has 7 heteroatoms. The van der Waals surface area contributed by atoms with Crippen molar-refractivity contribution in [3.8, 4) is 5.75 Å². The van der Waals surface area contributed by atoms with E-state index in [9.17, 15) is 18.0 Å². The standard InChI is InChI=1S/C14H9ClF3NO2/c15-13-10(6-7-12(19-13)14(16,17)18)11(20)8-21-9-4-2-1-3-5-9/h1-7H,8H2. The van der Waals surface area contributed by atoms with E-state index in [1.54, 1.807) is 30.3 Å². The lowest BCUT2D eigenvalue weighted by atomic mass is 10.2. The second-order valence-corrected chi connectivity index (χ2v) is 4.42. The molecule has 21 heavy (non-hydrogen) atoms. The largest absolute Gasteiger partial charge is 0.485 e. The number of para-hydroxylation sites is 1. The van der Waals surface area contributed by atoms with Crippen molar-refractivity contribution >= 4 is 17.4 Å². The average Bonchev–Trinajstić information content (AvgIpc) is 2.45. The Morgan fingerprint density at radius 3 is 2.38 bits per heavy atom. The fourth-order valence-electron chi connectivity index (χ4n) is 1.54. The summed E-state index contributed by atoms with van der Waals surface area (Å²) in [5.74, 6) is -0.0769. The van der Waals surface area contributed by atoms with Crippen LogP contribution in [0.15, 0.2) is 42.5 Å². The van der Waals surface area contributed by atoms with Gasteiger partial charge in [0.05, 0.1) is 5.56 Å². The third-order valence-electron chi connectivity index (χ3n) is 2.55. The summed E-state index contributed by atoms with van der Waals surface area (Å²) >= 11 is 5.62. The highest BCUT2D eigenvalue weighted by Crippen LogP contribution is 2.29. The van der Waals surface area contributed by atoms with Gasteiger partial charge in [-0.15, -0.1) is 0 Å². The zero-order valence-corrected chi connectivity index (χ0v) is 11.3. The Kier molecular flexibility index (Phi) is 4.47. The maximum Gasteiger partial charge on any atom is 0.433 e. The zero-order chi connectivity index (χ0) is 15.5. The maximum absolute atomic E-state index is 12.4. The van der Waals surface area contributed by atoms with E-state index in [0.29, 0.717) is 11.8 Å². The summed E-state index contributed by atoms with van der Waals surface area (Å²) in [6.07, 6.45) is -4.61. The van der Waals surface area contributed by atoms with Crippen LogP contribution in [0.1, 0.15) is 16.1 Å². The lowest BCUT2D eigenvalue weighted by Crippen LogP contribution is -2.15. The lowest BCUT2D eigenvalue weighted by molar-refractivity contribution is -0.141. The van der Waals surface area contributed by atoms with E-state index in [0.717, 1.165) is 6.07 Å². The lowest BCUT2D eigenvalue weighted by Gasteiger charge is -2.09. The number of pyridine rings is 1. The smallest absolute Gasteiger partial charge is 0.433 e. The topological polar surface area (TPSA) is 39.2 Å². The summed E-state index contributed by atoms with van der Waals surface area (Å²) in [7, 11) is 0. The molecule has 0 N–H and O–H groups in total. The number of ether oxygens (including phenoxy) is 1. The first-order valence-corrected chi connectivity index (χ1v) is 6.20. The number of hydrogen-bond donors (Lipinski definition) is 0. The highest BCUT2D eigenvalue weighted by atomic mass is 35.5. The number of hydrogen-bond acceptors (Lipinski definition) is 3. The van der Waals surface area contributed by atoms with Gasteiger partial charge >= 0.3 is 6.18 Å². The Labute approximate surface area is 123 Å². The molecule has 0 aliphatic heterocycles. The summed E-state index contributed by atoms with van der Waals surface area (Å²) in [5.41, 5.74) is -1.26. The van der Waals surface area contributed by atoms with E-state index in [2.05, 4.69) is 4.98 Å². The number of carbonyl (C=O) groups is 1. The highest BCUT2D eigenvalue weighted by Gasteiger charge is 2.33. The fourth-order valence-corrected chi connectivity index (χ4v) is 1.80. The van der Waals surface area contributed by atoms with Crippen LogP contribution >= 0.6 is 11.6 Å². The van der Waals surface area contributed by atoms with Crippen molar-refractivity contribution in [2.24, 2.45) is 0 Å². The molecule has 0 fully saturated rings. The summed E-state index contributed by atoms with van der Waals surface area (Å²) in [6, 6.07) is 10.3. The van der Waals surface area contributed by atoms with Crippen molar-refractivity contribution < 1.29 is 22.7 Å². The Morgan fingerprint density at radius 2 is 1.81 bits per heavy atom. The van der Waals surface area contributed by atoms with Crippen molar-refractivity contribution in [1.29, 1.82) is 0 Å². The number of rotatable bonds is 4. The number of benzene rings is 1. The second-order valence-electron chi connectivity index (χ2n) is 4.06. The molecule has 0 saturated heterocycles. The van der Waals surface area contributed by atoms with E-state index >= 15 is 0 Å². The van der Waals surface area contributed by atoms with Crippen LogP contribution in [0.4, 0.5) is 13.2 Å². The number of nitrogens with zero attached hydrogens (tertiary/aromatic N) is 1. The molecule has 0 aliphatic rings. The SMILES string of the molecule is O=C(COc1ccccc1)c1ccc(C(F)(F)F)nc1Cl. The predicted octanol–water partition coefficient (Wildman–Crippen LogP) is 4.02. The number of aromatic nitrogens is 1. The number of alkyl halides is 3. The van der Waals surface area contributed by atoms with Crippen molar-refractivity contribution in [2.45, 2.75) is 6.18 Å². The Morgan fingerprint density at radius 1 is 1.14 bits per heavy atom. The van der Waals surface area contributed by atoms with E-state index in [1.807, 2.05) is 0 Å². The molecule has 0 atom stereocenters. The first-order chi connectivity index (χ1) is 9.88. The van der Waals surface area contributed by atoms with Crippen molar-refractivity contribution in [1.82, 2.24) is 4.98 Å². The van der Waals surface area contributed by atoms with Crippen molar-refractivity contribution in [2.75, 3.05) is 6.61 Å². The molecule has 0 unspecified atom stereocenters. The van der Waals surface area contributed by atoms with Crippen LogP contribution in [0.3, 0.4) is 0 Å². The van der Waals surface area contributed by atoms with E-state index < -0.39 is 22.8 Å². The minimum Gasteiger partial charge on any atom is -0.485 e. The van der Waals surface area contributed by atoms with Crippen LogP contribution in [0.2, 0.25) is 5.15 Å². The van der Waals surface area contributed by atoms with Gasteiger partial charge in [-0.25, -0.2) is 4.98 Å². The van der Waals surface area contributed by atoms with Crippen molar-refractivity contribution in [3.63, 3.8) is 0 Å². The van der Waals surface area contributed by atoms with Crippen molar-refractivity contribution in [3.05, 3.63) is 58.9 Å². The predicted molar refractivity (Wildman–Crippen MR) is 70.5 cm³/mol. The van der Waals surface area contributed by atoms with Gasteiger partial charge in [0.2, 0.25) is 5.78 Å². The van der Waals surface area contributed by atoms with Crippen LogP contribution in [0, 0.1) is 0 Å². The molecular weight excluding hydrogens is 307 g/mol. The molecule has 2 aromatic rings. The quantitative estimate of drug-likeness (QED) is 0.632. The van der Waals surface area contributed by atoms with E-state index in [1.165, 1.54) is 0 Å². The zero-order valence-electron chi connectivity index (χ0n) is 10.5. The molecular formula is C14H9ClF3NO2. The van der Waals surface area contributed by atoms with E-state index in [4.69, 9.17) is 16.3 Å². The molecule has 2 rings (SSSR count). The first-order valence-electron chi connectivity index (χ1n) is 5.82. The van der Waals surface area contributed by atoms with Gasteiger partial charge in [-0.3, -0.25) is 4.79 Å². The highest BCUT2D eigenvalue weighted by molar-refractivity contribution is 6.32.